The van der Waals surface area contributed by atoms with Crippen LogP contribution < -0.4 is 10.1 Å². The molecular weight excluding hydrogens is 335 g/mol. The van der Waals surface area contributed by atoms with Crippen molar-refractivity contribution in [3.63, 3.8) is 0 Å². The number of fused-ring (bicyclic) bond motifs is 1. The monoisotopic (exact) mass is 349 g/mol. The Balaban J connectivity index is 1.56. The number of imidazole rings is 1. The highest BCUT2D eigenvalue weighted by atomic mass is 19.4. The molecule has 1 amide bonds. The van der Waals surface area contributed by atoms with Crippen molar-refractivity contribution in [2.24, 2.45) is 0 Å². The summed E-state index contributed by atoms with van der Waals surface area (Å²) in [5.41, 5.74) is 1.69. The highest BCUT2D eigenvalue weighted by molar-refractivity contribution is 5.92. The second-order valence-electron chi connectivity index (χ2n) is 5.32. The Morgan fingerprint density at radius 3 is 2.60 bits per heavy atom. The number of benzene rings is 1. The topological polar surface area (TPSA) is 55.6 Å². The van der Waals surface area contributed by atoms with Crippen LogP contribution in [0.3, 0.4) is 0 Å². The van der Waals surface area contributed by atoms with Crippen molar-refractivity contribution in [1.82, 2.24) is 14.7 Å². The minimum atomic E-state index is -4.37. The highest BCUT2D eigenvalue weighted by Gasteiger charge is 2.28. The molecule has 0 saturated heterocycles. The van der Waals surface area contributed by atoms with Gasteiger partial charge in [0.25, 0.3) is 5.91 Å². The van der Waals surface area contributed by atoms with Crippen molar-refractivity contribution < 1.29 is 22.7 Å². The molecule has 0 saturated carbocycles. The van der Waals surface area contributed by atoms with E-state index >= 15 is 0 Å². The van der Waals surface area contributed by atoms with Gasteiger partial charge in [-0.05, 0) is 29.8 Å². The smallest absolute Gasteiger partial charge is 0.422 e. The van der Waals surface area contributed by atoms with Crippen LogP contribution in [0.1, 0.15) is 16.1 Å². The van der Waals surface area contributed by atoms with Crippen LogP contribution in [0.15, 0.2) is 54.9 Å². The Morgan fingerprint density at radius 2 is 1.92 bits per heavy atom. The number of rotatable bonds is 5. The van der Waals surface area contributed by atoms with Gasteiger partial charge in [-0.25, -0.2) is 4.98 Å². The van der Waals surface area contributed by atoms with Gasteiger partial charge in [0.05, 0.1) is 0 Å². The minimum Gasteiger partial charge on any atom is -0.484 e. The molecule has 0 aliphatic carbocycles. The fraction of sp³-hybridized carbons (Fsp3) is 0.176. The maximum atomic E-state index is 12.1. The Hall–Kier alpha value is -3.03. The number of nitrogens with one attached hydrogen (secondary N) is 1. The molecule has 3 aromatic rings. The van der Waals surface area contributed by atoms with Crippen molar-refractivity contribution in [3.8, 4) is 5.75 Å². The molecule has 1 aromatic carbocycles. The number of carbonyl (C=O) groups excluding carboxylic acids is 1. The first-order valence-corrected chi connectivity index (χ1v) is 7.41. The molecule has 0 spiro atoms. The van der Waals surface area contributed by atoms with E-state index in [-0.39, 0.29) is 23.9 Å². The summed E-state index contributed by atoms with van der Waals surface area (Å²) in [5, 5.41) is 2.72. The maximum Gasteiger partial charge on any atom is 0.422 e. The Bertz CT molecular complexity index is 840. The standard InChI is InChI=1S/C17H14F3N3O2/c18-17(19,20)11-25-13-6-4-12(5-7-13)9-21-16(24)14-10-23-8-2-1-3-15(23)22-14/h1-8,10H,9,11H2,(H,21,24). The summed E-state index contributed by atoms with van der Waals surface area (Å²) in [6.45, 7) is -1.11. The fourth-order valence-electron chi connectivity index (χ4n) is 2.19. The van der Waals surface area contributed by atoms with E-state index in [1.54, 1.807) is 35.0 Å². The van der Waals surface area contributed by atoms with Crippen molar-refractivity contribution >= 4 is 11.6 Å². The van der Waals surface area contributed by atoms with Crippen LogP contribution in [-0.2, 0) is 6.54 Å². The summed E-state index contributed by atoms with van der Waals surface area (Å²) in [5.74, 6) is -0.214. The number of amides is 1. The molecule has 0 aliphatic rings. The molecule has 0 atom stereocenters. The number of nitrogens with zero attached hydrogens (tertiary/aromatic N) is 2. The second kappa shape index (κ2) is 6.84. The van der Waals surface area contributed by atoms with Crippen molar-refractivity contribution in [1.29, 1.82) is 0 Å². The van der Waals surface area contributed by atoms with Gasteiger partial charge in [0.1, 0.15) is 17.1 Å². The molecule has 0 fully saturated rings. The second-order valence-corrected chi connectivity index (χ2v) is 5.32. The summed E-state index contributed by atoms with van der Waals surface area (Å²) in [6.07, 6.45) is -0.960. The third-order valence-corrected chi connectivity index (χ3v) is 3.38. The zero-order valence-corrected chi connectivity index (χ0v) is 13.0. The lowest BCUT2D eigenvalue weighted by molar-refractivity contribution is -0.153. The van der Waals surface area contributed by atoms with E-state index in [1.165, 1.54) is 12.1 Å². The average Bonchev–Trinajstić information content (AvgIpc) is 3.02. The minimum absolute atomic E-state index is 0.118. The summed E-state index contributed by atoms with van der Waals surface area (Å²) in [6, 6.07) is 11.5. The predicted molar refractivity (Wildman–Crippen MR) is 84.4 cm³/mol. The molecule has 0 unspecified atom stereocenters. The number of pyridine rings is 1. The quantitative estimate of drug-likeness (QED) is 0.770. The molecule has 2 heterocycles. The lowest BCUT2D eigenvalue weighted by atomic mass is 10.2. The normalized spacial score (nSPS) is 11.5. The third-order valence-electron chi connectivity index (χ3n) is 3.38. The van der Waals surface area contributed by atoms with Crippen LogP contribution in [0.25, 0.3) is 5.65 Å². The van der Waals surface area contributed by atoms with Crippen molar-refractivity contribution in [2.75, 3.05) is 6.61 Å². The van der Waals surface area contributed by atoms with E-state index in [9.17, 15) is 18.0 Å². The number of aromatic nitrogens is 2. The Labute approximate surface area is 141 Å². The van der Waals surface area contributed by atoms with Gasteiger partial charge in [-0.3, -0.25) is 4.79 Å². The van der Waals surface area contributed by atoms with E-state index in [2.05, 4.69) is 15.0 Å². The lowest BCUT2D eigenvalue weighted by Gasteiger charge is -2.09. The van der Waals surface area contributed by atoms with Gasteiger partial charge in [0.2, 0.25) is 0 Å². The van der Waals surface area contributed by atoms with Gasteiger partial charge < -0.3 is 14.5 Å². The van der Waals surface area contributed by atoms with E-state index in [1.807, 2.05) is 12.1 Å². The Morgan fingerprint density at radius 1 is 1.16 bits per heavy atom. The van der Waals surface area contributed by atoms with E-state index in [0.717, 1.165) is 5.56 Å². The summed E-state index contributed by atoms with van der Waals surface area (Å²) in [7, 11) is 0. The SMILES string of the molecule is O=C(NCc1ccc(OCC(F)(F)F)cc1)c1cn2ccccc2n1. The number of hydrogen-bond donors (Lipinski definition) is 1. The largest absolute Gasteiger partial charge is 0.484 e. The first kappa shape index (κ1) is 16.8. The molecule has 0 radical (unpaired) electrons. The number of hydrogen-bond acceptors (Lipinski definition) is 3. The maximum absolute atomic E-state index is 12.1. The molecule has 3 rings (SSSR count). The van der Waals surface area contributed by atoms with Crippen LogP contribution in [0.2, 0.25) is 0 Å². The number of ether oxygens (including phenoxy) is 1. The van der Waals surface area contributed by atoms with E-state index in [0.29, 0.717) is 5.65 Å². The third kappa shape index (κ3) is 4.50. The highest BCUT2D eigenvalue weighted by Crippen LogP contribution is 2.18. The van der Waals surface area contributed by atoms with Crippen molar-refractivity contribution in [2.45, 2.75) is 12.7 Å². The summed E-state index contributed by atoms with van der Waals surface area (Å²) < 4.78 is 42.6. The van der Waals surface area contributed by atoms with Gasteiger partial charge >= 0.3 is 6.18 Å². The van der Waals surface area contributed by atoms with Crippen molar-refractivity contribution in [3.05, 3.63) is 66.1 Å². The Kier molecular flexibility index (Phi) is 4.60. The van der Waals surface area contributed by atoms with E-state index in [4.69, 9.17) is 0 Å². The first-order valence-electron chi connectivity index (χ1n) is 7.41. The van der Waals surface area contributed by atoms with Crippen LogP contribution in [0.5, 0.6) is 5.75 Å². The number of alkyl halides is 3. The molecule has 1 N–H and O–H groups in total. The lowest BCUT2D eigenvalue weighted by Crippen LogP contribution is -2.23. The van der Waals surface area contributed by atoms with Gasteiger partial charge in [-0.2, -0.15) is 13.2 Å². The molecule has 5 nitrogen and oxygen atoms in total. The van der Waals surface area contributed by atoms with Gasteiger partial charge in [0.15, 0.2) is 6.61 Å². The fourth-order valence-corrected chi connectivity index (χ4v) is 2.19. The van der Waals surface area contributed by atoms with Crippen LogP contribution in [0, 0.1) is 0 Å². The average molecular weight is 349 g/mol. The molecule has 25 heavy (non-hydrogen) atoms. The summed E-state index contributed by atoms with van der Waals surface area (Å²) >= 11 is 0. The molecular formula is C17H14F3N3O2. The van der Waals surface area contributed by atoms with Crippen LogP contribution in [0.4, 0.5) is 13.2 Å². The van der Waals surface area contributed by atoms with Gasteiger partial charge in [-0.15, -0.1) is 0 Å². The van der Waals surface area contributed by atoms with E-state index < -0.39 is 12.8 Å². The zero-order valence-electron chi connectivity index (χ0n) is 13.0. The first-order chi connectivity index (χ1) is 11.9. The summed E-state index contributed by atoms with van der Waals surface area (Å²) in [4.78, 5) is 16.3. The number of halogens is 3. The van der Waals surface area contributed by atoms with Gasteiger partial charge in [-0.1, -0.05) is 18.2 Å². The zero-order chi connectivity index (χ0) is 17.9. The van der Waals surface area contributed by atoms with Crippen LogP contribution >= 0.6 is 0 Å². The molecule has 0 bridgehead atoms. The van der Waals surface area contributed by atoms with Gasteiger partial charge in [0, 0.05) is 18.9 Å². The van der Waals surface area contributed by atoms with Crippen LogP contribution in [-0.4, -0.2) is 28.1 Å². The predicted octanol–water partition coefficient (Wildman–Crippen LogP) is 3.21. The number of carbonyl (C=O) groups is 1. The molecule has 0 aliphatic heterocycles. The molecule has 130 valence electrons. The molecule has 2 aromatic heterocycles. The molecule has 8 heteroatoms.